The van der Waals surface area contributed by atoms with Crippen LogP contribution in [0.4, 0.5) is 4.39 Å². The number of imidazole rings is 1. The Morgan fingerprint density at radius 1 is 1.13 bits per heavy atom. The molecule has 0 spiro atoms. The molecule has 1 aliphatic carbocycles. The van der Waals surface area contributed by atoms with E-state index in [0.29, 0.717) is 46.1 Å². The Kier molecular flexibility index (Phi) is 8.78. The number of aryl methyl sites for hydroxylation is 2. The quantitative estimate of drug-likeness (QED) is 0.228. The third kappa shape index (κ3) is 6.63. The average Bonchev–Trinajstić information content (AvgIpc) is 3.63. The predicted molar refractivity (Wildman–Crippen MR) is 150 cm³/mol. The molecule has 8 heteroatoms. The van der Waals surface area contributed by atoms with Gasteiger partial charge in [-0.15, -0.1) is 0 Å². The van der Waals surface area contributed by atoms with Gasteiger partial charge in [0.1, 0.15) is 12.1 Å². The molecule has 2 aliphatic rings. The second-order valence-corrected chi connectivity index (χ2v) is 11.4. The number of Topliss-reactive ketones (excluding diaryl/α,β-unsaturated/α-hetero) is 1. The van der Waals surface area contributed by atoms with E-state index < -0.39 is 5.82 Å². The number of fused-ring (bicyclic) bond motifs is 1. The van der Waals surface area contributed by atoms with Gasteiger partial charge >= 0.3 is 0 Å². The van der Waals surface area contributed by atoms with Gasteiger partial charge in [-0.3, -0.25) is 4.79 Å². The lowest BCUT2D eigenvalue weighted by molar-refractivity contribution is 0.0738. The van der Waals surface area contributed by atoms with Gasteiger partial charge in [0.25, 0.3) is 0 Å². The van der Waals surface area contributed by atoms with Crippen LogP contribution >= 0.6 is 11.6 Å². The molecule has 0 amide bonds. The smallest absolute Gasteiger partial charge is 0.188 e. The van der Waals surface area contributed by atoms with Crippen LogP contribution in [-0.2, 0) is 17.7 Å². The number of likely N-dealkylation sites (N-methyl/N-ethyl adjacent to an activating group) is 1. The fourth-order valence-electron chi connectivity index (χ4n) is 5.21. The van der Waals surface area contributed by atoms with Gasteiger partial charge in [-0.1, -0.05) is 17.7 Å². The highest BCUT2D eigenvalue weighted by atomic mass is 35.5. The van der Waals surface area contributed by atoms with E-state index >= 15 is 4.39 Å². The van der Waals surface area contributed by atoms with Crippen LogP contribution in [0.2, 0.25) is 5.02 Å². The topological polar surface area (TPSA) is 50.6 Å². The summed E-state index contributed by atoms with van der Waals surface area (Å²) in [6.07, 6.45) is 6.36. The molecule has 38 heavy (non-hydrogen) atoms. The van der Waals surface area contributed by atoms with Gasteiger partial charge in [0.15, 0.2) is 11.6 Å². The number of carbonyl (C=O) groups excluding carboxylic acids is 1. The molecule has 0 atom stereocenters. The van der Waals surface area contributed by atoms with Crippen LogP contribution in [0.3, 0.4) is 0 Å². The monoisotopic (exact) mass is 540 g/mol. The minimum Gasteiger partial charge on any atom is -0.373 e. The summed E-state index contributed by atoms with van der Waals surface area (Å²) in [5, 5.41) is 0.637. The first-order chi connectivity index (χ1) is 18.4. The van der Waals surface area contributed by atoms with E-state index in [9.17, 15) is 4.79 Å². The Morgan fingerprint density at radius 3 is 2.63 bits per heavy atom. The van der Waals surface area contributed by atoms with Crippen LogP contribution in [0.15, 0.2) is 30.6 Å². The van der Waals surface area contributed by atoms with Gasteiger partial charge < -0.3 is 19.1 Å². The van der Waals surface area contributed by atoms with E-state index in [4.69, 9.17) is 16.3 Å². The summed E-state index contributed by atoms with van der Waals surface area (Å²) in [6.45, 7) is 8.77. The molecule has 1 aliphatic heterocycles. The highest BCUT2D eigenvalue weighted by Crippen LogP contribution is 2.30. The summed E-state index contributed by atoms with van der Waals surface area (Å²) in [6, 6.07) is 7.40. The summed E-state index contributed by atoms with van der Waals surface area (Å²) in [7, 11) is 2.17. The number of ether oxygens (including phenoxy) is 1. The summed E-state index contributed by atoms with van der Waals surface area (Å²) < 4.78 is 23.7. The highest BCUT2D eigenvalue weighted by Gasteiger charge is 2.25. The number of hydrogen-bond acceptors (Lipinski definition) is 5. The molecular weight excluding hydrogens is 503 g/mol. The zero-order chi connectivity index (χ0) is 26.6. The number of nitrogens with zero attached hydrogens (tertiary/aromatic N) is 4. The molecule has 5 rings (SSSR count). The molecule has 2 fully saturated rings. The Balaban J connectivity index is 1.35. The van der Waals surface area contributed by atoms with Crippen LogP contribution in [-0.4, -0.2) is 78.1 Å². The third-order valence-electron chi connectivity index (χ3n) is 7.93. The van der Waals surface area contributed by atoms with Gasteiger partial charge in [-0.05, 0) is 81.4 Å². The van der Waals surface area contributed by atoms with E-state index in [1.807, 2.05) is 29.7 Å². The molecule has 6 nitrogen and oxygen atoms in total. The lowest BCUT2D eigenvalue weighted by Crippen LogP contribution is -2.44. The van der Waals surface area contributed by atoms with Crippen molar-refractivity contribution in [3.8, 4) is 0 Å². The zero-order valence-electron chi connectivity index (χ0n) is 22.5. The number of aromatic nitrogens is 2. The van der Waals surface area contributed by atoms with Crippen LogP contribution in [0.25, 0.3) is 11.0 Å². The van der Waals surface area contributed by atoms with E-state index in [-0.39, 0.29) is 12.4 Å². The van der Waals surface area contributed by atoms with E-state index in [2.05, 4.69) is 21.8 Å². The van der Waals surface area contributed by atoms with Crippen molar-refractivity contribution in [2.24, 2.45) is 5.92 Å². The Hall–Kier alpha value is -2.32. The van der Waals surface area contributed by atoms with Crippen molar-refractivity contribution in [3.05, 3.63) is 63.7 Å². The van der Waals surface area contributed by atoms with Gasteiger partial charge in [-0.2, -0.15) is 0 Å². The maximum Gasteiger partial charge on any atom is 0.188 e. The second kappa shape index (κ2) is 12.2. The van der Waals surface area contributed by atoms with Crippen molar-refractivity contribution in [2.45, 2.75) is 45.6 Å². The summed E-state index contributed by atoms with van der Waals surface area (Å²) in [5.74, 6) is -0.0417. The van der Waals surface area contributed by atoms with Crippen molar-refractivity contribution in [2.75, 3.05) is 53.0 Å². The molecule has 0 N–H and O–H groups in total. The number of rotatable bonds is 12. The SMILES string of the molecule is Cc1cc(Cl)ccc1Cc1c(C(=O)COCC2CC2)cc2c(ncn2CCCCN2CCN(C)CC2)c1F. The number of carbonyl (C=O) groups is 1. The zero-order valence-corrected chi connectivity index (χ0v) is 23.3. The first kappa shape index (κ1) is 27.3. The molecule has 2 aromatic carbocycles. The van der Waals surface area contributed by atoms with Crippen molar-refractivity contribution in [3.63, 3.8) is 0 Å². The molecule has 2 heterocycles. The van der Waals surface area contributed by atoms with Gasteiger partial charge in [0.2, 0.25) is 0 Å². The predicted octanol–water partition coefficient (Wildman–Crippen LogP) is 5.36. The number of benzene rings is 2. The number of hydrogen-bond donors (Lipinski definition) is 0. The standard InChI is InChI=1S/C30H38ClFN4O2/c1-21-15-24(31)8-7-23(21)16-26-25(28(37)19-38-18-22-5-6-22)17-27-30(29(26)32)33-20-36(27)10-4-3-9-35-13-11-34(2)12-14-35/h7-8,15,17,20,22H,3-6,9-14,16,18-19H2,1-2H3. The van der Waals surface area contributed by atoms with Gasteiger partial charge in [0.05, 0.1) is 18.5 Å². The molecule has 0 bridgehead atoms. The molecule has 204 valence electrons. The molecule has 0 radical (unpaired) electrons. The summed E-state index contributed by atoms with van der Waals surface area (Å²) in [4.78, 5) is 22.6. The first-order valence-corrected chi connectivity index (χ1v) is 14.2. The minimum absolute atomic E-state index is 0.0345. The Bertz CT molecular complexity index is 1280. The van der Waals surface area contributed by atoms with E-state index in [1.54, 1.807) is 12.4 Å². The van der Waals surface area contributed by atoms with Crippen LogP contribution in [0.5, 0.6) is 0 Å². The van der Waals surface area contributed by atoms with Crippen molar-refractivity contribution in [1.82, 2.24) is 19.4 Å². The second-order valence-electron chi connectivity index (χ2n) is 11.0. The Labute approximate surface area is 229 Å². The average molecular weight is 541 g/mol. The lowest BCUT2D eigenvalue weighted by atomic mass is 9.94. The van der Waals surface area contributed by atoms with E-state index in [1.165, 1.54) is 0 Å². The largest absolute Gasteiger partial charge is 0.373 e. The number of piperazine rings is 1. The molecule has 0 unspecified atom stereocenters. The fraction of sp³-hybridized carbons (Fsp3) is 0.533. The normalized spacial score (nSPS) is 16.9. The summed E-state index contributed by atoms with van der Waals surface area (Å²) >= 11 is 6.14. The van der Waals surface area contributed by atoms with Crippen molar-refractivity contribution >= 4 is 28.4 Å². The van der Waals surface area contributed by atoms with Gasteiger partial charge in [0, 0.05) is 55.3 Å². The van der Waals surface area contributed by atoms with Crippen molar-refractivity contribution < 1.29 is 13.9 Å². The fourth-order valence-corrected chi connectivity index (χ4v) is 5.44. The lowest BCUT2D eigenvalue weighted by Gasteiger charge is -2.32. The number of halogens is 2. The molecule has 3 aromatic rings. The minimum atomic E-state index is -0.418. The van der Waals surface area contributed by atoms with E-state index in [0.717, 1.165) is 76.1 Å². The molecule has 1 saturated heterocycles. The van der Waals surface area contributed by atoms with Crippen LogP contribution in [0, 0.1) is 18.7 Å². The maximum absolute atomic E-state index is 16.0. The maximum atomic E-state index is 16.0. The Morgan fingerprint density at radius 2 is 1.89 bits per heavy atom. The van der Waals surface area contributed by atoms with Crippen LogP contribution < -0.4 is 0 Å². The number of unbranched alkanes of at least 4 members (excludes halogenated alkanes) is 1. The number of ketones is 1. The van der Waals surface area contributed by atoms with Crippen molar-refractivity contribution in [1.29, 1.82) is 0 Å². The first-order valence-electron chi connectivity index (χ1n) is 13.8. The van der Waals surface area contributed by atoms with Gasteiger partial charge in [-0.25, -0.2) is 9.37 Å². The molecule has 1 aromatic heterocycles. The van der Waals surface area contributed by atoms with Crippen LogP contribution in [0.1, 0.15) is 52.7 Å². The molecular formula is C30H38ClFN4O2. The highest BCUT2D eigenvalue weighted by molar-refractivity contribution is 6.30. The summed E-state index contributed by atoms with van der Waals surface area (Å²) in [5.41, 5.74) is 3.66. The molecule has 1 saturated carbocycles. The third-order valence-corrected chi connectivity index (χ3v) is 8.17.